The van der Waals surface area contributed by atoms with Crippen LogP contribution in [0.3, 0.4) is 0 Å². The van der Waals surface area contributed by atoms with Crippen LogP contribution in [0.15, 0.2) is 12.2 Å². The van der Waals surface area contributed by atoms with Gasteiger partial charge >= 0.3 is 17.7 Å². The van der Waals surface area contributed by atoms with Crippen LogP contribution in [0, 0.1) is 6.57 Å². The van der Waals surface area contributed by atoms with Crippen LogP contribution >= 0.6 is 0 Å². The van der Waals surface area contributed by atoms with Gasteiger partial charge in [-0.1, -0.05) is 0 Å². The predicted molar refractivity (Wildman–Crippen MR) is 59.4 cm³/mol. The fourth-order valence-electron chi connectivity index (χ4n) is 2.11. The van der Waals surface area contributed by atoms with Crippen molar-refractivity contribution in [3.05, 3.63) is 17.0 Å². The molecule has 8 heteroatoms. The number of esters is 1. The average molecular weight is 270 g/mol. The number of nitrogens with zero attached hydrogens (tertiary/aromatic N) is 1. The zero-order valence-electron chi connectivity index (χ0n) is 9.76. The van der Waals surface area contributed by atoms with Crippen LogP contribution in [0.2, 0.25) is 0 Å². The molecule has 0 aromatic carbocycles. The zero-order chi connectivity index (χ0) is 14.0. The van der Waals surface area contributed by atoms with E-state index in [2.05, 4.69) is 4.85 Å². The molecule has 2 rings (SSSR count). The molecule has 0 aliphatic carbocycles. The summed E-state index contributed by atoms with van der Waals surface area (Å²) in [7, 11) is 0. The number of carbonyl (C=O) groups excluding carboxylic acids is 1. The highest BCUT2D eigenvalue weighted by Gasteiger charge is 2.71. The van der Waals surface area contributed by atoms with Gasteiger partial charge in [-0.05, 0) is 4.85 Å². The SMILES string of the molecule is C#[N+][C@]12OC[C@@H](O)[C@H]1OC[C@H]2OC(=O)/C=C\C(=O)O. The molecule has 8 nitrogen and oxygen atoms in total. The van der Waals surface area contributed by atoms with Crippen molar-refractivity contribution in [1.82, 2.24) is 0 Å². The van der Waals surface area contributed by atoms with E-state index in [1.807, 2.05) is 0 Å². The fourth-order valence-corrected chi connectivity index (χ4v) is 2.11. The van der Waals surface area contributed by atoms with Gasteiger partial charge in [0.05, 0.1) is 13.2 Å². The number of fused-ring (bicyclic) bond motifs is 1. The second-order valence-electron chi connectivity index (χ2n) is 4.11. The number of ether oxygens (including phenoxy) is 3. The number of hydrogen-bond donors (Lipinski definition) is 2. The molecule has 2 fully saturated rings. The second-order valence-corrected chi connectivity index (χ2v) is 4.11. The number of hydrogen-bond acceptors (Lipinski definition) is 6. The summed E-state index contributed by atoms with van der Waals surface area (Å²) in [6.45, 7) is 5.18. The molecule has 19 heavy (non-hydrogen) atoms. The van der Waals surface area contributed by atoms with Crippen molar-refractivity contribution in [2.75, 3.05) is 13.2 Å². The first-order valence-electron chi connectivity index (χ1n) is 5.47. The third kappa shape index (κ3) is 2.31. The van der Waals surface area contributed by atoms with Crippen LogP contribution < -0.4 is 0 Å². The molecule has 2 aliphatic heterocycles. The van der Waals surface area contributed by atoms with Gasteiger partial charge in [-0.25, -0.2) is 9.59 Å². The van der Waals surface area contributed by atoms with Gasteiger partial charge < -0.3 is 19.7 Å². The minimum absolute atomic E-state index is 0.0373. The quantitative estimate of drug-likeness (QED) is 0.499. The summed E-state index contributed by atoms with van der Waals surface area (Å²) >= 11 is 0. The number of aliphatic hydroxyl groups is 1. The fraction of sp³-hybridized carbons (Fsp3) is 0.545. The second kappa shape index (κ2) is 4.97. The Morgan fingerprint density at radius 2 is 2.16 bits per heavy atom. The van der Waals surface area contributed by atoms with Crippen LogP contribution in [-0.2, 0) is 23.8 Å². The molecule has 4 atom stereocenters. The van der Waals surface area contributed by atoms with Crippen molar-refractivity contribution in [1.29, 1.82) is 0 Å². The maximum absolute atomic E-state index is 11.4. The number of aliphatic carboxylic acids is 1. The summed E-state index contributed by atoms with van der Waals surface area (Å²) in [5.41, 5.74) is -1.44. The summed E-state index contributed by atoms with van der Waals surface area (Å²) in [5, 5.41) is 18.0. The number of rotatable bonds is 3. The molecule has 0 radical (unpaired) electrons. The first kappa shape index (κ1) is 13.5. The molecule has 0 aromatic heterocycles. The van der Waals surface area contributed by atoms with E-state index in [-0.39, 0.29) is 13.2 Å². The third-order valence-corrected chi connectivity index (χ3v) is 2.95. The highest BCUT2D eigenvalue weighted by Crippen LogP contribution is 2.40. The smallest absolute Gasteiger partial charge is 0.452 e. The minimum Gasteiger partial charge on any atom is -0.478 e. The maximum Gasteiger partial charge on any atom is 0.452 e. The largest absolute Gasteiger partial charge is 0.478 e. The van der Waals surface area contributed by atoms with Crippen LogP contribution in [0.5, 0.6) is 0 Å². The molecule has 0 amide bonds. The predicted octanol–water partition coefficient (Wildman–Crippen LogP) is -1.01. The average Bonchev–Trinajstić information content (AvgIpc) is 2.87. The van der Waals surface area contributed by atoms with Crippen molar-refractivity contribution in [2.24, 2.45) is 0 Å². The number of carbonyl (C=O) groups is 2. The monoisotopic (exact) mass is 270 g/mol. The Hall–Kier alpha value is -1.95. The molecule has 2 N–H and O–H groups in total. The lowest BCUT2D eigenvalue weighted by Crippen LogP contribution is -2.45. The van der Waals surface area contributed by atoms with E-state index < -0.39 is 36.0 Å². The minimum atomic E-state index is -1.44. The van der Waals surface area contributed by atoms with E-state index in [0.717, 1.165) is 6.08 Å². The maximum atomic E-state index is 11.4. The Morgan fingerprint density at radius 3 is 2.79 bits per heavy atom. The van der Waals surface area contributed by atoms with Crippen LogP contribution in [0.1, 0.15) is 0 Å². The van der Waals surface area contributed by atoms with E-state index in [0.29, 0.717) is 6.08 Å². The van der Waals surface area contributed by atoms with Crippen molar-refractivity contribution in [3.63, 3.8) is 0 Å². The summed E-state index contributed by atoms with van der Waals surface area (Å²) < 4.78 is 15.5. The molecule has 2 heterocycles. The molecule has 102 valence electrons. The molecule has 2 saturated heterocycles. The van der Waals surface area contributed by atoms with Gasteiger partial charge in [0, 0.05) is 12.2 Å². The zero-order valence-corrected chi connectivity index (χ0v) is 9.76. The summed E-state index contributed by atoms with van der Waals surface area (Å²) in [6.07, 6.45) is -1.26. The van der Waals surface area contributed by atoms with Crippen LogP contribution in [0.4, 0.5) is 0 Å². The topological polar surface area (TPSA) is 107 Å². The highest BCUT2D eigenvalue weighted by atomic mass is 16.7. The lowest BCUT2D eigenvalue weighted by atomic mass is 10.0. The van der Waals surface area contributed by atoms with Gasteiger partial charge in [-0.15, -0.1) is 0 Å². The summed E-state index contributed by atoms with van der Waals surface area (Å²) in [6, 6.07) is 0. The van der Waals surface area contributed by atoms with Gasteiger partial charge in [-0.2, -0.15) is 0 Å². The van der Waals surface area contributed by atoms with Gasteiger partial charge in [-0.3, -0.25) is 4.74 Å². The third-order valence-electron chi connectivity index (χ3n) is 2.95. The van der Waals surface area contributed by atoms with Crippen molar-refractivity contribution in [2.45, 2.75) is 24.0 Å². The number of carboxylic acid groups (broad SMARTS) is 1. The Kier molecular flexibility index (Phi) is 3.53. The van der Waals surface area contributed by atoms with Gasteiger partial charge in [0.1, 0.15) is 6.10 Å². The lowest BCUT2D eigenvalue weighted by molar-refractivity contribution is -0.152. The van der Waals surface area contributed by atoms with Crippen molar-refractivity contribution < 1.29 is 34.0 Å². The Bertz CT molecular complexity index is 468. The van der Waals surface area contributed by atoms with Gasteiger partial charge in [0.2, 0.25) is 6.10 Å². The molecular formula is C11H12NO7+. The van der Waals surface area contributed by atoms with Crippen LogP contribution in [0.25, 0.3) is 4.85 Å². The Labute approximate surface area is 108 Å². The van der Waals surface area contributed by atoms with Gasteiger partial charge in [0.15, 0.2) is 6.10 Å². The first-order valence-corrected chi connectivity index (χ1v) is 5.47. The van der Waals surface area contributed by atoms with E-state index in [9.17, 15) is 14.7 Å². The Balaban J connectivity index is 2.08. The standard InChI is InChI=1S/C11H11NO7/c1-12-11-7(19-9(16)3-2-8(14)15)5-17-10(11)6(13)4-18-11/h1-3,6-7,10,13H,4-5H2/p+1/b3-2-/t6-,7-,10-,11-/m1/s1. The summed E-state index contributed by atoms with van der Waals surface area (Å²) in [4.78, 5) is 25.2. The summed E-state index contributed by atoms with van der Waals surface area (Å²) in [5.74, 6) is -2.16. The molecular weight excluding hydrogens is 258 g/mol. The molecule has 0 unspecified atom stereocenters. The van der Waals surface area contributed by atoms with Crippen molar-refractivity contribution in [3.8, 4) is 6.57 Å². The molecule has 0 bridgehead atoms. The molecule has 2 aliphatic rings. The van der Waals surface area contributed by atoms with Gasteiger partial charge in [0.25, 0.3) is 6.57 Å². The first-order chi connectivity index (χ1) is 8.99. The van der Waals surface area contributed by atoms with Crippen molar-refractivity contribution >= 4 is 11.9 Å². The van der Waals surface area contributed by atoms with E-state index in [1.165, 1.54) is 0 Å². The highest BCUT2D eigenvalue weighted by molar-refractivity contribution is 5.90. The lowest BCUT2D eigenvalue weighted by Gasteiger charge is -2.16. The normalized spacial score (nSPS) is 36.9. The van der Waals surface area contributed by atoms with E-state index in [1.54, 1.807) is 0 Å². The number of aliphatic hydroxyl groups excluding tert-OH is 1. The molecule has 0 spiro atoms. The van der Waals surface area contributed by atoms with E-state index >= 15 is 0 Å². The molecule has 0 saturated carbocycles. The Morgan fingerprint density at radius 1 is 1.42 bits per heavy atom. The van der Waals surface area contributed by atoms with E-state index in [4.69, 9.17) is 25.9 Å². The number of carboxylic acids is 1. The molecule has 0 aromatic rings. The van der Waals surface area contributed by atoms with Crippen LogP contribution in [-0.4, -0.2) is 59.4 Å².